The number of halogens is 2. The van der Waals surface area contributed by atoms with Crippen molar-refractivity contribution in [2.45, 2.75) is 57.8 Å². The van der Waals surface area contributed by atoms with E-state index in [-0.39, 0.29) is 23.8 Å². The lowest BCUT2D eigenvalue weighted by Gasteiger charge is -2.35. The molecule has 0 radical (unpaired) electrons. The van der Waals surface area contributed by atoms with Gasteiger partial charge >= 0.3 is 6.61 Å². The molecule has 3 rings (SSSR count). The van der Waals surface area contributed by atoms with Gasteiger partial charge in [-0.1, -0.05) is 6.42 Å². The highest BCUT2D eigenvalue weighted by Crippen LogP contribution is 2.26. The summed E-state index contributed by atoms with van der Waals surface area (Å²) in [6, 6.07) is 7.04. The Morgan fingerprint density at radius 2 is 2.03 bits per heavy atom. The van der Waals surface area contributed by atoms with Gasteiger partial charge in [0.15, 0.2) is 5.96 Å². The van der Waals surface area contributed by atoms with Crippen LogP contribution in [0.15, 0.2) is 29.3 Å². The Labute approximate surface area is 171 Å². The van der Waals surface area contributed by atoms with E-state index >= 15 is 0 Å². The zero-order chi connectivity index (χ0) is 20.6. The molecule has 2 aliphatic rings. The zero-order valence-corrected chi connectivity index (χ0v) is 17.0. The number of rotatable bonds is 7. The third-order valence-corrected chi connectivity index (χ3v) is 5.64. The number of aliphatic hydroxyl groups excluding tert-OH is 1. The molecule has 3 unspecified atom stereocenters. The second-order valence-electron chi connectivity index (χ2n) is 7.78. The number of nitrogens with one attached hydrogen (secondary N) is 2. The molecule has 1 saturated heterocycles. The van der Waals surface area contributed by atoms with Gasteiger partial charge in [-0.15, -0.1) is 0 Å². The Hall–Kier alpha value is -2.09. The van der Waals surface area contributed by atoms with Gasteiger partial charge in [0.1, 0.15) is 5.75 Å². The average Bonchev–Trinajstić information content (AvgIpc) is 3.11. The van der Waals surface area contributed by atoms with Crippen molar-refractivity contribution in [1.29, 1.82) is 0 Å². The van der Waals surface area contributed by atoms with Crippen molar-refractivity contribution in [3.8, 4) is 5.75 Å². The van der Waals surface area contributed by atoms with Crippen LogP contribution < -0.4 is 20.3 Å². The first-order chi connectivity index (χ1) is 14.0. The molecule has 1 aliphatic carbocycles. The minimum Gasteiger partial charge on any atom is -0.435 e. The molecule has 8 heteroatoms. The van der Waals surface area contributed by atoms with E-state index in [1.165, 1.54) is 0 Å². The first-order valence-electron chi connectivity index (χ1n) is 10.6. The highest BCUT2D eigenvalue weighted by atomic mass is 19.3. The van der Waals surface area contributed by atoms with Crippen molar-refractivity contribution in [2.24, 2.45) is 10.9 Å². The summed E-state index contributed by atoms with van der Waals surface area (Å²) >= 11 is 0. The van der Waals surface area contributed by atoms with Gasteiger partial charge in [0.05, 0.1) is 6.10 Å². The highest BCUT2D eigenvalue weighted by Gasteiger charge is 2.25. The lowest BCUT2D eigenvalue weighted by molar-refractivity contribution is -0.0498. The van der Waals surface area contributed by atoms with Crippen LogP contribution in [0, 0.1) is 5.92 Å². The van der Waals surface area contributed by atoms with Crippen molar-refractivity contribution in [3.63, 3.8) is 0 Å². The Morgan fingerprint density at radius 1 is 1.24 bits per heavy atom. The number of guanidine groups is 1. The van der Waals surface area contributed by atoms with Crippen LogP contribution in [-0.4, -0.2) is 56.0 Å². The number of anilines is 1. The lowest BCUT2D eigenvalue weighted by Crippen LogP contribution is -2.51. The molecule has 3 N–H and O–H groups in total. The van der Waals surface area contributed by atoms with Gasteiger partial charge in [-0.25, -0.2) is 0 Å². The van der Waals surface area contributed by atoms with Gasteiger partial charge in [0.2, 0.25) is 0 Å². The molecular formula is C21H32F2N4O2. The maximum absolute atomic E-state index is 12.3. The summed E-state index contributed by atoms with van der Waals surface area (Å²) < 4.78 is 29.1. The van der Waals surface area contributed by atoms with Crippen LogP contribution in [0.2, 0.25) is 0 Å². The number of nitrogens with zero attached hydrogens (tertiary/aromatic N) is 2. The zero-order valence-electron chi connectivity index (χ0n) is 17.0. The molecular weight excluding hydrogens is 378 g/mol. The van der Waals surface area contributed by atoms with Crippen molar-refractivity contribution in [1.82, 2.24) is 10.6 Å². The Kier molecular flexibility index (Phi) is 7.91. The number of hydrogen-bond donors (Lipinski definition) is 3. The third-order valence-electron chi connectivity index (χ3n) is 5.64. The fraction of sp³-hybridized carbons (Fsp3) is 0.667. The van der Waals surface area contributed by atoms with E-state index in [4.69, 9.17) is 4.99 Å². The molecule has 1 heterocycles. The van der Waals surface area contributed by atoms with E-state index in [1.54, 1.807) is 12.1 Å². The minimum absolute atomic E-state index is 0.172. The second kappa shape index (κ2) is 10.6. The first kappa shape index (κ1) is 21.6. The quantitative estimate of drug-likeness (QED) is 0.476. The molecule has 1 aromatic carbocycles. The number of piperidine rings is 1. The van der Waals surface area contributed by atoms with Crippen LogP contribution in [0.3, 0.4) is 0 Å². The maximum Gasteiger partial charge on any atom is 0.387 e. The minimum atomic E-state index is -2.81. The number of ether oxygens (including phenoxy) is 1. The Balaban J connectivity index is 1.56. The summed E-state index contributed by atoms with van der Waals surface area (Å²) in [5, 5.41) is 16.8. The predicted octanol–water partition coefficient (Wildman–Crippen LogP) is 2.97. The van der Waals surface area contributed by atoms with Gasteiger partial charge in [-0.2, -0.15) is 8.78 Å². The topological polar surface area (TPSA) is 69.1 Å². The van der Waals surface area contributed by atoms with Crippen molar-refractivity contribution in [3.05, 3.63) is 24.3 Å². The summed E-state index contributed by atoms with van der Waals surface area (Å²) in [5.74, 6) is 1.22. The Bertz CT molecular complexity index is 657. The Morgan fingerprint density at radius 3 is 2.69 bits per heavy atom. The van der Waals surface area contributed by atoms with E-state index < -0.39 is 6.61 Å². The van der Waals surface area contributed by atoms with Gasteiger partial charge in [-0.05, 0) is 56.9 Å². The molecule has 1 aliphatic heterocycles. The average molecular weight is 411 g/mol. The smallest absolute Gasteiger partial charge is 0.387 e. The van der Waals surface area contributed by atoms with Crippen LogP contribution in [-0.2, 0) is 0 Å². The number of aliphatic hydroxyl groups is 1. The van der Waals surface area contributed by atoms with E-state index in [0.29, 0.717) is 6.54 Å². The molecule has 6 nitrogen and oxygen atoms in total. The molecule has 3 atom stereocenters. The summed E-state index contributed by atoms with van der Waals surface area (Å²) in [6.45, 7) is 2.39. The fourth-order valence-corrected chi connectivity index (χ4v) is 4.12. The van der Waals surface area contributed by atoms with Crippen LogP contribution in [0.25, 0.3) is 0 Å². The monoisotopic (exact) mass is 410 g/mol. The van der Waals surface area contributed by atoms with E-state index in [2.05, 4.69) is 20.3 Å². The van der Waals surface area contributed by atoms with Crippen molar-refractivity contribution < 1.29 is 18.6 Å². The number of benzene rings is 1. The predicted molar refractivity (Wildman–Crippen MR) is 111 cm³/mol. The summed E-state index contributed by atoms with van der Waals surface area (Å²) in [4.78, 5) is 6.95. The normalized spacial score (nSPS) is 25.3. The molecule has 0 aromatic heterocycles. The van der Waals surface area contributed by atoms with Crippen LogP contribution in [0.4, 0.5) is 14.5 Å². The maximum atomic E-state index is 12.3. The molecule has 162 valence electrons. The highest BCUT2D eigenvalue weighted by molar-refractivity contribution is 5.80. The van der Waals surface area contributed by atoms with Crippen LogP contribution >= 0.6 is 0 Å². The van der Waals surface area contributed by atoms with Gasteiger partial charge in [0, 0.05) is 43.8 Å². The SMILES string of the molecule is CCNC(=NCC1CCCC1O)NC1CCCN(c2ccc(OC(F)F)cc2)C1. The molecule has 29 heavy (non-hydrogen) atoms. The molecule has 2 fully saturated rings. The number of alkyl halides is 2. The molecule has 0 bridgehead atoms. The summed E-state index contributed by atoms with van der Waals surface area (Å²) in [5.41, 5.74) is 0.995. The second-order valence-corrected chi connectivity index (χ2v) is 7.78. The van der Waals surface area contributed by atoms with E-state index in [1.807, 2.05) is 19.1 Å². The van der Waals surface area contributed by atoms with E-state index in [9.17, 15) is 13.9 Å². The first-order valence-corrected chi connectivity index (χ1v) is 10.6. The molecule has 0 spiro atoms. The van der Waals surface area contributed by atoms with Gasteiger partial charge < -0.3 is 25.4 Å². The fourth-order valence-electron chi connectivity index (χ4n) is 4.12. The van der Waals surface area contributed by atoms with Gasteiger partial charge in [0.25, 0.3) is 0 Å². The third kappa shape index (κ3) is 6.45. The number of aliphatic imine (C=N–C) groups is 1. The summed E-state index contributed by atoms with van der Waals surface area (Å²) in [7, 11) is 0. The van der Waals surface area contributed by atoms with Gasteiger partial charge in [-0.3, -0.25) is 4.99 Å². The van der Waals surface area contributed by atoms with E-state index in [0.717, 1.165) is 63.4 Å². The molecule has 1 aromatic rings. The van der Waals surface area contributed by atoms with Crippen LogP contribution in [0.1, 0.15) is 39.0 Å². The molecule has 1 saturated carbocycles. The van der Waals surface area contributed by atoms with Crippen LogP contribution in [0.5, 0.6) is 5.75 Å². The number of hydrogen-bond acceptors (Lipinski definition) is 4. The summed E-state index contributed by atoms with van der Waals surface area (Å²) in [6.07, 6.45) is 4.83. The van der Waals surface area contributed by atoms with Crippen molar-refractivity contribution in [2.75, 3.05) is 31.1 Å². The standard InChI is InChI=1S/C21H32F2N4O2/c1-2-24-21(25-13-15-5-3-7-19(15)28)26-16-6-4-12-27(14-16)17-8-10-18(11-9-17)29-20(22)23/h8-11,15-16,19-20,28H,2-7,12-14H2,1H3,(H2,24,25,26). The van der Waals surface area contributed by atoms with Crippen molar-refractivity contribution >= 4 is 11.6 Å². The largest absolute Gasteiger partial charge is 0.435 e. The lowest BCUT2D eigenvalue weighted by atomic mass is 10.0. The molecule has 0 amide bonds.